The zero-order valence-electron chi connectivity index (χ0n) is 7.33. The molecule has 2 heterocycles. The van der Waals surface area contributed by atoms with Gasteiger partial charge in [-0.25, -0.2) is 4.79 Å². The number of aromatic nitrogens is 1. The molecule has 1 aromatic rings. The van der Waals surface area contributed by atoms with E-state index in [4.69, 9.17) is 0 Å². The molecule has 0 unspecified atom stereocenters. The van der Waals surface area contributed by atoms with Crippen LogP contribution in [0.15, 0.2) is 12.4 Å². The molecule has 0 saturated heterocycles. The van der Waals surface area contributed by atoms with Gasteiger partial charge in [-0.1, -0.05) is 0 Å². The SMILES string of the molecule is COC(=O)c1cncc2c1CNC2. The highest BCUT2D eigenvalue weighted by Crippen LogP contribution is 2.18. The Morgan fingerprint density at radius 3 is 3.15 bits per heavy atom. The summed E-state index contributed by atoms with van der Waals surface area (Å²) in [6.07, 6.45) is 3.33. The van der Waals surface area contributed by atoms with E-state index in [0.29, 0.717) is 5.56 Å². The number of nitrogens with zero attached hydrogens (tertiary/aromatic N) is 1. The van der Waals surface area contributed by atoms with Crippen molar-refractivity contribution in [2.45, 2.75) is 13.1 Å². The summed E-state index contributed by atoms with van der Waals surface area (Å²) in [5.41, 5.74) is 2.68. The average Bonchev–Trinajstić information content (AvgIpc) is 2.63. The first-order chi connectivity index (χ1) is 6.33. The molecule has 2 rings (SSSR count). The molecule has 1 aliphatic rings. The Labute approximate surface area is 75.9 Å². The van der Waals surface area contributed by atoms with Gasteiger partial charge in [-0.3, -0.25) is 4.98 Å². The van der Waals surface area contributed by atoms with Crippen molar-refractivity contribution in [3.63, 3.8) is 0 Å². The van der Waals surface area contributed by atoms with Crippen LogP contribution in [0.3, 0.4) is 0 Å². The summed E-state index contributed by atoms with van der Waals surface area (Å²) in [6, 6.07) is 0. The van der Waals surface area contributed by atoms with E-state index in [-0.39, 0.29) is 5.97 Å². The van der Waals surface area contributed by atoms with Crippen molar-refractivity contribution in [3.8, 4) is 0 Å². The molecule has 13 heavy (non-hydrogen) atoms. The molecule has 0 aromatic carbocycles. The topological polar surface area (TPSA) is 51.2 Å². The summed E-state index contributed by atoms with van der Waals surface area (Å²) in [4.78, 5) is 15.3. The highest BCUT2D eigenvalue weighted by atomic mass is 16.5. The van der Waals surface area contributed by atoms with Crippen molar-refractivity contribution < 1.29 is 9.53 Å². The molecule has 1 aromatic heterocycles. The first-order valence-corrected chi connectivity index (χ1v) is 4.07. The molecule has 0 bridgehead atoms. The molecule has 0 saturated carbocycles. The predicted molar refractivity (Wildman–Crippen MR) is 46.1 cm³/mol. The van der Waals surface area contributed by atoms with Gasteiger partial charge in [0, 0.05) is 25.5 Å². The van der Waals surface area contributed by atoms with Crippen LogP contribution in [0.1, 0.15) is 21.5 Å². The van der Waals surface area contributed by atoms with Gasteiger partial charge in [0.2, 0.25) is 0 Å². The van der Waals surface area contributed by atoms with Crippen LogP contribution in [-0.2, 0) is 17.8 Å². The maximum atomic E-state index is 11.3. The minimum atomic E-state index is -0.312. The number of fused-ring (bicyclic) bond motifs is 1. The van der Waals surface area contributed by atoms with Gasteiger partial charge in [0.25, 0.3) is 0 Å². The number of pyridine rings is 1. The summed E-state index contributed by atoms with van der Waals surface area (Å²) in [6.45, 7) is 1.51. The van der Waals surface area contributed by atoms with E-state index in [9.17, 15) is 4.79 Å². The lowest BCUT2D eigenvalue weighted by molar-refractivity contribution is 0.0599. The van der Waals surface area contributed by atoms with E-state index in [1.54, 1.807) is 12.4 Å². The molecule has 0 amide bonds. The van der Waals surface area contributed by atoms with Gasteiger partial charge in [-0.15, -0.1) is 0 Å². The van der Waals surface area contributed by atoms with Crippen LogP contribution in [0.4, 0.5) is 0 Å². The van der Waals surface area contributed by atoms with Crippen molar-refractivity contribution in [3.05, 3.63) is 29.1 Å². The van der Waals surface area contributed by atoms with Crippen molar-refractivity contribution in [2.75, 3.05) is 7.11 Å². The number of carbonyl (C=O) groups excluding carboxylic acids is 1. The Bertz CT molecular complexity index is 349. The quantitative estimate of drug-likeness (QED) is 0.635. The number of hydrogen-bond acceptors (Lipinski definition) is 4. The predicted octanol–water partition coefficient (Wildman–Crippen LogP) is 0.471. The fourth-order valence-corrected chi connectivity index (χ4v) is 1.50. The van der Waals surface area contributed by atoms with Crippen LogP contribution in [0.5, 0.6) is 0 Å². The third-order valence-electron chi connectivity index (χ3n) is 2.17. The second kappa shape index (κ2) is 3.14. The molecule has 4 nitrogen and oxygen atoms in total. The van der Waals surface area contributed by atoms with Gasteiger partial charge in [-0.05, 0) is 11.1 Å². The third kappa shape index (κ3) is 1.29. The van der Waals surface area contributed by atoms with E-state index in [1.165, 1.54) is 7.11 Å². The molecule has 0 atom stereocenters. The maximum Gasteiger partial charge on any atom is 0.339 e. The summed E-state index contributed by atoms with van der Waals surface area (Å²) >= 11 is 0. The van der Waals surface area contributed by atoms with Crippen molar-refractivity contribution in [2.24, 2.45) is 0 Å². The van der Waals surface area contributed by atoms with Crippen molar-refractivity contribution >= 4 is 5.97 Å². The third-order valence-corrected chi connectivity index (χ3v) is 2.17. The second-order valence-electron chi connectivity index (χ2n) is 2.92. The lowest BCUT2D eigenvalue weighted by atomic mass is 10.1. The van der Waals surface area contributed by atoms with E-state index in [0.717, 1.165) is 24.2 Å². The van der Waals surface area contributed by atoms with E-state index in [2.05, 4.69) is 15.0 Å². The summed E-state index contributed by atoms with van der Waals surface area (Å²) < 4.78 is 4.65. The van der Waals surface area contributed by atoms with Gasteiger partial charge < -0.3 is 10.1 Å². The fourth-order valence-electron chi connectivity index (χ4n) is 1.50. The molecule has 0 spiro atoms. The lowest BCUT2D eigenvalue weighted by Gasteiger charge is -2.03. The van der Waals surface area contributed by atoms with Crippen LogP contribution in [-0.4, -0.2) is 18.1 Å². The number of rotatable bonds is 1. The fraction of sp³-hybridized carbons (Fsp3) is 0.333. The van der Waals surface area contributed by atoms with Gasteiger partial charge in [0.15, 0.2) is 0 Å². The monoisotopic (exact) mass is 178 g/mol. The summed E-state index contributed by atoms with van der Waals surface area (Å²) in [5.74, 6) is -0.312. The molecule has 0 fully saturated rings. The first kappa shape index (κ1) is 8.19. The van der Waals surface area contributed by atoms with Gasteiger partial charge in [0.05, 0.1) is 12.7 Å². The minimum absolute atomic E-state index is 0.312. The standard InChI is InChI=1S/C9H10N2O2/c1-13-9(12)8-5-11-3-6-2-10-4-7(6)8/h3,5,10H,2,4H2,1H3. The number of nitrogens with one attached hydrogen (secondary N) is 1. The van der Waals surface area contributed by atoms with Gasteiger partial charge >= 0.3 is 5.97 Å². The maximum absolute atomic E-state index is 11.3. The Kier molecular flexibility index (Phi) is 1.98. The van der Waals surface area contributed by atoms with E-state index < -0.39 is 0 Å². The van der Waals surface area contributed by atoms with Crippen LogP contribution in [0.25, 0.3) is 0 Å². The Hall–Kier alpha value is -1.42. The largest absolute Gasteiger partial charge is 0.465 e. The molecule has 0 radical (unpaired) electrons. The Morgan fingerprint density at radius 1 is 1.54 bits per heavy atom. The number of hydrogen-bond donors (Lipinski definition) is 1. The number of ether oxygens (including phenoxy) is 1. The molecular weight excluding hydrogens is 168 g/mol. The molecule has 0 aliphatic carbocycles. The number of methoxy groups -OCH3 is 1. The molecule has 1 aliphatic heterocycles. The normalized spacial score (nSPS) is 13.9. The van der Waals surface area contributed by atoms with Crippen LogP contribution in [0.2, 0.25) is 0 Å². The zero-order chi connectivity index (χ0) is 9.26. The van der Waals surface area contributed by atoms with Crippen LogP contribution >= 0.6 is 0 Å². The van der Waals surface area contributed by atoms with Crippen LogP contribution < -0.4 is 5.32 Å². The number of carbonyl (C=O) groups is 1. The second-order valence-corrected chi connectivity index (χ2v) is 2.92. The Balaban J connectivity index is 2.47. The van der Waals surface area contributed by atoms with Crippen LogP contribution in [0, 0.1) is 0 Å². The van der Waals surface area contributed by atoms with Gasteiger partial charge in [0.1, 0.15) is 0 Å². The van der Waals surface area contributed by atoms with E-state index in [1.807, 2.05) is 0 Å². The Morgan fingerprint density at radius 2 is 2.38 bits per heavy atom. The minimum Gasteiger partial charge on any atom is -0.465 e. The molecule has 4 heteroatoms. The smallest absolute Gasteiger partial charge is 0.339 e. The highest BCUT2D eigenvalue weighted by Gasteiger charge is 2.19. The average molecular weight is 178 g/mol. The van der Waals surface area contributed by atoms with Crippen molar-refractivity contribution in [1.29, 1.82) is 0 Å². The molecule has 1 N–H and O–H groups in total. The van der Waals surface area contributed by atoms with Crippen molar-refractivity contribution in [1.82, 2.24) is 10.3 Å². The first-order valence-electron chi connectivity index (χ1n) is 4.07. The lowest BCUT2D eigenvalue weighted by Crippen LogP contribution is -2.07. The van der Waals surface area contributed by atoms with E-state index >= 15 is 0 Å². The zero-order valence-corrected chi connectivity index (χ0v) is 7.33. The molecular formula is C9H10N2O2. The summed E-state index contributed by atoms with van der Waals surface area (Å²) in [5, 5.41) is 3.16. The molecule has 68 valence electrons. The number of esters is 1. The van der Waals surface area contributed by atoms with Gasteiger partial charge in [-0.2, -0.15) is 0 Å². The highest BCUT2D eigenvalue weighted by molar-refractivity contribution is 5.91. The summed E-state index contributed by atoms with van der Waals surface area (Å²) in [7, 11) is 1.38.